The monoisotopic (exact) mass is 210 g/mol. The molecule has 0 aliphatic heterocycles. The van der Waals surface area contributed by atoms with Crippen LogP contribution in [0.3, 0.4) is 0 Å². The van der Waals surface area contributed by atoms with Gasteiger partial charge in [0.1, 0.15) is 5.76 Å². The highest BCUT2D eigenvalue weighted by atomic mass is 16.3. The van der Waals surface area contributed by atoms with Crippen LogP contribution in [0.1, 0.15) is 5.69 Å². The molecule has 0 saturated carbocycles. The average Bonchev–Trinajstić information content (AvgIpc) is 2.81. The first kappa shape index (κ1) is 9.09. The van der Waals surface area contributed by atoms with Crippen LogP contribution < -0.4 is 0 Å². The number of furan rings is 1. The van der Waals surface area contributed by atoms with Gasteiger partial charge in [0, 0.05) is 10.9 Å². The minimum Gasteiger partial charge on any atom is -0.464 e. The van der Waals surface area contributed by atoms with Crippen molar-refractivity contribution in [2.75, 3.05) is 0 Å². The third-order valence-electron chi connectivity index (χ3n) is 2.54. The molecule has 0 bridgehead atoms. The molecule has 0 radical (unpaired) electrons. The quantitative estimate of drug-likeness (QED) is 0.619. The van der Waals surface area contributed by atoms with E-state index in [-0.39, 0.29) is 0 Å². The Labute approximate surface area is 92.7 Å². The SMILES string of the molecule is Cc1cc2c(-c3ccco3)cccc2nn1. The number of benzene rings is 1. The molecule has 3 aromatic rings. The van der Waals surface area contributed by atoms with Crippen LogP contribution in [0, 0.1) is 6.92 Å². The van der Waals surface area contributed by atoms with E-state index in [9.17, 15) is 0 Å². The summed E-state index contributed by atoms with van der Waals surface area (Å²) >= 11 is 0. The van der Waals surface area contributed by atoms with E-state index >= 15 is 0 Å². The Morgan fingerprint density at radius 1 is 1.06 bits per heavy atom. The zero-order chi connectivity index (χ0) is 11.0. The molecule has 0 aliphatic carbocycles. The number of fused-ring (bicyclic) bond motifs is 1. The maximum absolute atomic E-state index is 5.42. The van der Waals surface area contributed by atoms with Crippen LogP contribution in [0.2, 0.25) is 0 Å². The molecule has 0 fully saturated rings. The normalized spacial score (nSPS) is 10.8. The Kier molecular flexibility index (Phi) is 1.96. The average molecular weight is 210 g/mol. The predicted octanol–water partition coefficient (Wildman–Crippen LogP) is 3.20. The van der Waals surface area contributed by atoms with Gasteiger partial charge in [-0.05, 0) is 31.2 Å². The summed E-state index contributed by atoms with van der Waals surface area (Å²) in [5, 5.41) is 9.28. The molecule has 3 nitrogen and oxygen atoms in total. The van der Waals surface area contributed by atoms with Gasteiger partial charge in [0.2, 0.25) is 0 Å². The molecule has 3 heteroatoms. The fourth-order valence-electron chi connectivity index (χ4n) is 1.81. The van der Waals surface area contributed by atoms with Crippen molar-refractivity contribution in [2.45, 2.75) is 6.92 Å². The van der Waals surface area contributed by atoms with Crippen molar-refractivity contribution in [3.05, 3.63) is 48.4 Å². The molecule has 16 heavy (non-hydrogen) atoms. The molecule has 0 amide bonds. The summed E-state index contributed by atoms with van der Waals surface area (Å²) in [6, 6.07) is 11.8. The highest BCUT2D eigenvalue weighted by Crippen LogP contribution is 2.27. The summed E-state index contributed by atoms with van der Waals surface area (Å²) in [5.74, 6) is 0.859. The Morgan fingerprint density at radius 3 is 2.81 bits per heavy atom. The first-order valence-electron chi connectivity index (χ1n) is 5.11. The zero-order valence-corrected chi connectivity index (χ0v) is 8.84. The number of aryl methyl sites for hydroxylation is 1. The van der Waals surface area contributed by atoms with Crippen LogP contribution in [-0.4, -0.2) is 10.2 Å². The van der Waals surface area contributed by atoms with Crippen molar-refractivity contribution in [3.63, 3.8) is 0 Å². The number of rotatable bonds is 1. The maximum atomic E-state index is 5.42. The summed E-state index contributed by atoms with van der Waals surface area (Å²) in [5.41, 5.74) is 2.85. The first-order chi connectivity index (χ1) is 7.84. The summed E-state index contributed by atoms with van der Waals surface area (Å²) in [7, 11) is 0. The summed E-state index contributed by atoms with van der Waals surface area (Å²) < 4.78 is 5.42. The van der Waals surface area contributed by atoms with Crippen molar-refractivity contribution >= 4 is 10.9 Å². The van der Waals surface area contributed by atoms with Gasteiger partial charge in [0.15, 0.2) is 0 Å². The molecule has 0 saturated heterocycles. The molecule has 2 heterocycles. The van der Waals surface area contributed by atoms with Crippen LogP contribution in [0.15, 0.2) is 47.1 Å². The lowest BCUT2D eigenvalue weighted by molar-refractivity contribution is 0.583. The number of hydrogen-bond donors (Lipinski definition) is 0. The van der Waals surface area contributed by atoms with Crippen LogP contribution in [0.4, 0.5) is 0 Å². The van der Waals surface area contributed by atoms with Crippen molar-refractivity contribution in [3.8, 4) is 11.3 Å². The largest absolute Gasteiger partial charge is 0.464 e. The minimum atomic E-state index is 0.859. The molecular formula is C13H10N2O. The highest BCUT2D eigenvalue weighted by molar-refractivity contribution is 5.93. The summed E-state index contributed by atoms with van der Waals surface area (Å²) in [6.07, 6.45) is 1.68. The lowest BCUT2D eigenvalue weighted by Gasteiger charge is -2.03. The van der Waals surface area contributed by atoms with Crippen molar-refractivity contribution < 1.29 is 4.42 Å². The third kappa shape index (κ3) is 1.37. The molecule has 3 rings (SSSR count). The number of nitrogens with zero attached hydrogens (tertiary/aromatic N) is 2. The molecule has 0 unspecified atom stereocenters. The molecule has 0 N–H and O–H groups in total. The summed E-state index contributed by atoms with van der Waals surface area (Å²) in [6.45, 7) is 1.94. The van der Waals surface area contributed by atoms with E-state index in [1.54, 1.807) is 6.26 Å². The lowest BCUT2D eigenvalue weighted by atomic mass is 10.1. The van der Waals surface area contributed by atoms with Gasteiger partial charge < -0.3 is 4.42 Å². The fraction of sp³-hybridized carbons (Fsp3) is 0.0769. The maximum Gasteiger partial charge on any atom is 0.134 e. The van der Waals surface area contributed by atoms with Crippen molar-refractivity contribution in [1.29, 1.82) is 0 Å². The Hall–Kier alpha value is -2.16. The Morgan fingerprint density at radius 2 is 2.00 bits per heavy atom. The second-order valence-corrected chi connectivity index (χ2v) is 3.70. The van der Waals surface area contributed by atoms with Gasteiger partial charge in [0.05, 0.1) is 17.5 Å². The number of hydrogen-bond acceptors (Lipinski definition) is 3. The third-order valence-corrected chi connectivity index (χ3v) is 2.54. The van der Waals surface area contributed by atoms with E-state index in [1.807, 2.05) is 43.3 Å². The molecule has 78 valence electrons. The van der Waals surface area contributed by atoms with Crippen LogP contribution in [0.5, 0.6) is 0 Å². The van der Waals surface area contributed by atoms with Crippen LogP contribution >= 0.6 is 0 Å². The van der Waals surface area contributed by atoms with E-state index < -0.39 is 0 Å². The fourth-order valence-corrected chi connectivity index (χ4v) is 1.81. The van der Waals surface area contributed by atoms with Gasteiger partial charge in [-0.25, -0.2) is 0 Å². The van der Waals surface area contributed by atoms with Crippen molar-refractivity contribution in [1.82, 2.24) is 10.2 Å². The molecule has 0 atom stereocenters. The van der Waals surface area contributed by atoms with Gasteiger partial charge in [0.25, 0.3) is 0 Å². The van der Waals surface area contributed by atoms with E-state index in [1.165, 1.54) is 0 Å². The molecular weight excluding hydrogens is 200 g/mol. The second-order valence-electron chi connectivity index (χ2n) is 3.70. The molecule has 2 aromatic heterocycles. The molecule has 1 aromatic carbocycles. The van der Waals surface area contributed by atoms with E-state index in [2.05, 4.69) is 10.2 Å². The predicted molar refractivity (Wildman–Crippen MR) is 62.0 cm³/mol. The minimum absolute atomic E-state index is 0.859. The van der Waals surface area contributed by atoms with Crippen LogP contribution in [0.25, 0.3) is 22.2 Å². The zero-order valence-electron chi connectivity index (χ0n) is 8.84. The summed E-state index contributed by atoms with van der Waals surface area (Å²) in [4.78, 5) is 0. The Bertz CT molecular complexity index is 629. The highest BCUT2D eigenvalue weighted by Gasteiger charge is 2.06. The topological polar surface area (TPSA) is 38.9 Å². The first-order valence-corrected chi connectivity index (χ1v) is 5.11. The Balaban J connectivity index is 2.36. The van der Waals surface area contributed by atoms with Gasteiger partial charge >= 0.3 is 0 Å². The number of aromatic nitrogens is 2. The standard InChI is InChI=1S/C13H10N2O/c1-9-8-11-10(13-6-3-7-16-13)4-2-5-12(11)15-14-9/h2-8H,1H3. The van der Waals surface area contributed by atoms with E-state index in [0.29, 0.717) is 0 Å². The van der Waals surface area contributed by atoms with E-state index in [0.717, 1.165) is 27.9 Å². The lowest BCUT2D eigenvalue weighted by Crippen LogP contribution is -1.89. The van der Waals surface area contributed by atoms with E-state index in [4.69, 9.17) is 4.42 Å². The second kappa shape index (κ2) is 3.45. The molecule has 0 aliphatic rings. The van der Waals surface area contributed by atoms with Gasteiger partial charge in [-0.1, -0.05) is 12.1 Å². The van der Waals surface area contributed by atoms with Gasteiger partial charge in [-0.15, -0.1) is 0 Å². The van der Waals surface area contributed by atoms with Crippen molar-refractivity contribution in [2.24, 2.45) is 0 Å². The van der Waals surface area contributed by atoms with Gasteiger partial charge in [-0.3, -0.25) is 0 Å². The van der Waals surface area contributed by atoms with Gasteiger partial charge in [-0.2, -0.15) is 10.2 Å². The molecule has 0 spiro atoms. The smallest absolute Gasteiger partial charge is 0.134 e. The van der Waals surface area contributed by atoms with Crippen LogP contribution in [-0.2, 0) is 0 Å².